The van der Waals surface area contributed by atoms with Crippen LogP contribution in [0.5, 0.6) is 0 Å². The molecule has 6 nitrogen and oxygen atoms in total. The van der Waals surface area contributed by atoms with Gasteiger partial charge < -0.3 is 10.3 Å². The van der Waals surface area contributed by atoms with Gasteiger partial charge >= 0.3 is 6.18 Å². The van der Waals surface area contributed by atoms with E-state index in [0.29, 0.717) is 34.1 Å². The molecule has 0 saturated carbocycles. The first-order valence-corrected chi connectivity index (χ1v) is 9.44. The van der Waals surface area contributed by atoms with Crippen LogP contribution in [0.3, 0.4) is 0 Å². The number of nitriles is 1. The summed E-state index contributed by atoms with van der Waals surface area (Å²) in [6, 6.07) is 8.83. The minimum Gasteiger partial charge on any atom is -0.360 e. The first-order chi connectivity index (χ1) is 13.9. The molecule has 9 heteroatoms. The number of halogens is 3. The molecule has 0 radical (unpaired) electrons. The van der Waals surface area contributed by atoms with Gasteiger partial charge in [0.25, 0.3) is 0 Å². The van der Waals surface area contributed by atoms with Crippen LogP contribution in [0.1, 0.15) is 26.8 Å². The van der Waals surface area contributed by atoms with Gasteiger partial charge in [-0.2, -0.15) is 18.4 Å². The zero-order valence-electron chi connectivity index (χ0n) is 15.0. The van der Waals surface area contributed by atoms with Gasteiger partial charge in [0.05, 0.1) is 17.3 Å². The summed E-state index contributed by atoms with van der Waals surface area (Å²) in [7, 11) is 0. The molecule has 3 aliphatic rings. The Morgan fingerprint density at radius 1 is 1.24 bits per heavy atom. The van der Waals surface area contributed by atoms with E-state index in [1.54, 1.807) is 18.2 Å². The molecule has 3 fully saturated rings. The van der Waals surface area contributed by atoms with Gasteiger partial charge in [-0.1, -0.05) is 6.07 Å². The summed E-state index contributed by atoms with van der Waals surface area (Å²) in [5.74, 6) is 0.215. The monoisotopic (exact) mass is 400 g/mol. The molecule has 2 N–H and O–H groups in total. The van der Waals surface area contributed by atoms with Crippen LogP contribution in [-0.4, -0.2) is 44.0 Å². The maximum Gasteiger partial charge on any atom is 0.419 e. The van der Waals surface area contributed by atoms with Gasteiger partial charge in [-0.25, -0.2) is 9.97 Å². The number of hydrogen-bond acceptors (Lipinski definition) is 5. The maximum atomic E-state index is 13.7. The summed E-state index contributed by atoms with van der Waals surface area (Å²) in [5.41, 5.74) is 0.310. The van der Waals surface area contributed by atoms with E-state index >= 15 is 0 Å². The lowest BCUT2D eigenvalue weighted by atomic mass is 9.90. The van der Waals surface area contributed by atoms with Gasteiger partial charge in [-0.05, 0) is 25.0 Å². The van der Waals surface area contributed by atoms with Crippen LogP contribution in [-0.2, 0) is 6.18 Å². The first-order valence-electron chi connectivity index (χ1n) is 9.44. The molecule has 2 unspecified atom stereocenters. The smallest absolute Gasteiger partial charge is 0.360 e. The summed E-state index contributed by atoms with van der Waals surface area (Å²) in [6.07, 6.45) is -0.0998. The van der Waals surface area contributed by atoms with Crippen LogP contribution in [0.4, 0.5) is 19.1 Å². The molecule has 1 aromatic carbocycles. The number of rotatable bonds is 3. The number of fused-ring (bicyclic) bond motifs is 2. The van der Waals surface area contributed by atoms with Gasteiger partial charge in [0.15, 0.2) is 0 Å². The summed E-state index contributed by atoms with van der Waals surface area (Å²) < 4.78 is 41.0. The Bertz CT molecular complexity index is 1200. The van der Waals surface area contributed by atoms with E-state index in [1.807, 2.05) is 6.07 Å². The average Bonchev–Trinajstić information content (AvgIpc) is 2.96. The third kappa shape index (κ3) is 2.39. The SMILES string of the molecule is N#Cc1ccc2c(-c3nc(N[C@@H]4C[C@@H]5C6C[C@H]4N65)ncc3C(F)(F)F)c[nH]c2c1.[HH].[HH]. The van der Waals surface area contributed by atoms with Gasteiger partial charge in [0, 0.05) is 55.9 Å². The molecular weight excluding hydrogens is 381 g/mol. The third-order valence-corrected chi connectivity index (χ3v) is 6.42. The Kier molecular flexibility index (Phi) is 3.17. The molecule has 0 bridgehead atoms. The Labute approximate surface area is 166 Å². The minimum atomic E-state index is -4.58. The summed E-state index contributed by atoms with van der Waals surface area (Å²) in [5, 5.41) is 12.9. The fraction of sp³-hybridized carbons (Fsp3) is 0.350. The molecule has 3 saturated heterocycles. The molecule has 150 valence electrons. The third-order valence-electron chi connectivity index (χ3n) is 6.42. The summed E-state index contributed by atoms with van der Waals surface area (Å²) >= 11 is 0. The topological polar surface area (TPSA) is 80.4 Å². The van der Waals surface area contributed by atoms with Crippen molar-refractivity contribution in [2.45, 2.75) is 43.2 Å². The molecule has 3 aromatic rings. The van der Waals surface area contributed by atoms with E-state index in [0.717, 1.165) is 25.1 Å². The fourth-order valence-electron chi connectivity index (χ4n) is 5.00. The van der Waals surface area contributed by atoms with Crippen LogP contribution >= 0.6 is 0 Å². The Hall–Kier alpha value is -3.12. The van der Waals surface area contributed by atoms with Gasteiger partial charge in [-0.15, -0.1) is 0 Å². The minimum absolute atomic E-state index is 0. The normalized spacial score (nSPS) is 29.2. The maximum absolute atomic E-state index is 13.7. The molecule has 5 atom stereocenters. The standard InChI is InChI=1S/C20H15F3N6.2H2/c21-20(22,23)12-8-26-19(27-14-4-16-17-5-15(14)29(16)17)28-18(12)11-7-25-13-3-9(6-24)1-2-10(11)13;;/h1-3,7-8,14-17,25H,4-5H2,(H,26,27,28);2*1H/t14-,15-,16-,17?,29?;;/m1../s1. The van der Waals surface area contributed by atoms with Crippen molar-refractivity contribution in [3.63, 3.8) is 0 Å². The van der Waals surface area contributed by atoms with Crippen LogP contribution < -0.4 is 5.32 Å². The van der Waals surface area contributed by atoms with E-state index in [4.69, 9.17) is 5.26 Å². The van der Waals surface area contributed by atoms with Crippen LogP contribution in [0.25, 0.3) is 22.2 Å². The molecular formula is C20H19F3N6. The van der Waals surface area contributed by atoms with E-state index in [-0.39, 0.29) is 20.5 Å². The van der Waals surface area contributed by atoms with E-state index < -0.39 is 11.7 Å². The predicted octanol–water partition coefficient (Wildman–Crippen LogP) is 4.02. The van der Waals surface area contributed by atoms with Gasteiger partial charge in [0.1, 0.15) is 5.56 Å². The molecule has 2 aromatic heterocycles. The molecule has 0 aliphatic carbocycles. The number of piperidine rings is 1. The number of aromatic amines is 1. The highest BCUT2D eigenvalue weighted by Crippen LogP contribution is 2.56. The van der Waals surface area contributed by atoms with Crippen LogP contribution in [0.15, 0.2) is 30.6 Å². The number of nitrogens with zero attached hydrogens (tertiary/aromatic N) is 4. The number of nitrogens with one attached hydrogen (secondary N) is 2. The highest BCUT2D eigenvalue weighted by atomic mass is 19.4. The lowest BCUT2D eigenvalue weighted by Gasteiger charge is -2.33. The van der Waals surface area contributed by atoms with Crippen molar-refractivity contribution >= 4 is 16.9 Å². The first kappa shape index (κ1) is 16.8. The fourth-order valence-corrected chi connectivity index (χ4v) is 5.00. The summed E-state index contributed by atoms with van der Waals surface area (Å²) in [6.45, 7) is 0. The number of hydrogen-bond donors (Lipinski definition) is 2. The Balaban J connectivity index is 0.00000116. The van der Waals surface area contributed by atoms with E-state index in [9.17, 15) is 13.2 Å². The zero-order chi connectivity index (χ0) is 19.9. The van der Waals surface area contributed by atoms with Crippen molar-refractivity contribution in [2.75, 3.05) is 5.32 Å². The van der Waals surface area contributed by atoms with Crippen molar-refractivity contribution < 1.29 is 16.0 Å². The molecule has 29 heavy (non-hydrogen) atoms. The quantitative estimate of drug-likeness (QED) is 0.649. The molecule has 6 rings (SSSR count). The van der Waals surface area contributed by atoms with Crippen molar-refractivity contribution in [3.8, 4) is 17.3 Å². The largest absolute Gasteiger partial charge is 0.419 e. The van der Waals surface area contributed by atoms with Gasteiger partial charge in [-0.3, -0.25) is 4.90 Å². The molecule has 5 heterocycles. The second-order valence-corrected chi connectivity index (χ2v) is 7.90. The molecule has 0 spiro atoms. The average molecular weight is 400 g/mol. The van der Waals surface area contributed by atoms with Crippen LogP contribution in [0, 0.1) is 11.3 Å². The predicted molar refractivity (Wildman–Crippen MR) is 103 cm³/mol. The lowest BCUT2D eigenvalue weighted by Crippen LogP contribution is -2.45. The van der Waals surface area contributed by atoms with Crippen molar-refractivity contribution in [1.82, 2.24) is 19.9 Å². The van der Waals surface area contributed by atoms with Crippen molar-refractivity contribution in [2.24, 2.45) is 0 Å². The Morgan fingerprint density at radius 3 is 2.76 bits per heavy atom. The second kappa shape index (κ2) is 5.48. The Morgan fingerprint density at radius 2 is 2.07 bits per heavy atom. The van der Waals surface area contributed by atoms with Crippen molar-refractivity contribution in [3.05, 3.63) is 41.7 Å². The number of anilines is 1. The highest BCUT2D eigenvalue weighted by Gasteiger charge is 2.68. The molecule has 3 aliphatic heterocycles. The lowest BCUT2D eigenvalue weighted by molar-refractivity contribution is -0.137. The number of alkyl halides is 3. The van der Waals surface area contributed by atoms with Crippen LogP contribution in [0.2, 0.25) is 0 Å². The molecule has 0 amide bonds. The van der Waals surface area contributed by atoms with E-state index in [2.05, 4.69) is 25.2 Å². The highest BCUT2D eigenvalue weighted by molar-refractivity contribution is 5.96. The number of H-pyrrole nitrogens is 1. The second-order valence-electron chi connectivity index (χ2n) is 7.90. The zero-order valence-corrected chi connectivity index (χ0v) is 15.0. The van der Waals surface area contributed by atoms with Gasteiger partial charge in [0.2, 0.25) is 5.95 Å². The number of aromatic nitrogens is 3. The number of benzene rings is 1. The van der Waals surface area contributed by atoms with E-state index in [1.165, 1.54) is 6.20 Å². The van der Waals surface area contributed by atoms with Crippen molar-refractivity contribution in [1.29, 1.82) is 5.26 Å². The summed E-state index contributed by atoms with van der Waals surface area (Å²) in [4.78, 5) is 13.6.